The highest BCUT2D eigenvalue weighted by atomic mass is 19.1. The Hall–Kier alpha value is -2.96. The van der Waals surface area contributed by atoms with Crippen LogP contribution in [0.2, 0.25) is 0 Å². The lowest BCUT2D eigenvalue weighted by molar-refractivity contribution is -0.122. The van der Waals surface area contributed by atoms with E-state index < -0.39 is 11.9 Å². The molecular weight excluding hydrogens is 375 g/mol. The highest BCUT2D eigenvalue weighted by molar-refractivity contribution is 6.04. The number of benzene rings is 1. The van der Waals surface area contributed by atoms with Gasteiger partial charge in [-0.1, -0.05) is 0 Å². The van der Waals surface area contributed by atoms with Gasteiger partial charge in [0.25, 0.3) is 5.91 Å². The lowest BCUT2D eigenvalue weighted by atomic mass is 10.1. The number of rotatable bonds is 6. The SMILES string of the molecule is O=C1CCc2c(F)cc(N3CC[C@H](Oc4ccc(OCC5CC5)nc4)C3=O)cc21. The van der Waals surface area contributed by atoms with Gasteiger partial charge in [0.15, 0.2) is 11.9 Å². The van der Waals surface area contributed by atoms with Gasteiger partial charge in [-0.15, -0.1) is 0 Å². The van der Waals surface area contributed by atoms with Crippen molar-refractivity contribution in [1.29, 1.82) is 0 Å². The lowest BCUT2D eigenvalue weighted by Gasteiger charge is -2.18. The average Bonchev–Trinajstić information content (AvgIpc) is 3.38. The minimum absolute atomic E-state index is 0.0738. The first kappa shape index (κ1) is 18.1. The second-order valence-electron chi connectivity index (χ2n) is 7.85. The number of fused-ring (bicyclic) bond motifs is 1. The fourth-order valence-electron chi connectivity index (χ4n) is 3.85. The van der Waals surface area contributed by atoms with Crippen LogP contribution in [0.3, 0.4) is 0 Å². The Labute approximate surface area is 167 Å². The quantitative estimate of drug-likeness (QED) is 0.749. The maximum absolute atomic E-state index is 14.4. The normalized spacial score (nSPS) is 20.9. The van der Waals surface area contributed by atoms with Gasteiger partial charge in [-0.3, -0.25) is 9.59 Å². The topological polar surface area (TPSA) is 68.7 Å². The Morgan fingerprint density at radius 2 is 2.00 bits per heavy atom. The molecule has 3 aliphatic rings. The Balaban J connectivity index is 1.26. The summed E-state index contributed by atoms with van der Waals surface area (Å²) in [6.45, 7) is 1.09. The molecule has 0 unspecified atom stereocenters. The van der Waals surface area contributed by atoms with Crippen LogP contribution in [0.15, 0.2) is 30.5 Å². The molecule has 0 radical (unpaired) electrons. The molecule has 1 aliphatic heterocycles. The Morgan fingerprint density at radius 3 is 2.76 bits per heavy atom. The van der Waals surface area contributed by atoms with Crippen molar-refractivity contribution in [2.45, 2.75) is 38.2 Å². The molecule has 1 saturated heterocycles. The summed E-state index contributed by atoms with van der Waals surface area (Å²) in [5.74, 6) is 0.931. The van der Waals surface area contributed by atoms with Crippen LogP contribution in [-0.2, 0) is 11.2 Å². The highest BCUT2D eigenvalue weighted by Gasteiger charge is 2.36. The predicted octanol–water partition coefficient (Wildman–Crippen LogP) is 3.32. The number of pyridine rings is 1. The molecule has 2 heterocycles. The summed E-state index contributed by atoms with van der Waals surface area (Å²) in [5.41, 5.74) is 1.26. The number of carbonyl (C=O) groups is 2. The summed E-state index contributed by atoms with van der Waals surface area (Å²) in [6, 6.07) is 6.43. The third-order valence-electron chi connectivity index (χ3n) is 5.70. The number of ether oxygens (including phenoxy) is 2. The van der Waals surface area contributed by atoms with Crippen LogP contribution in [-0.4, -0.2) is 35.9 Å². The van der Waals surface area contributed by atoms with Crippen molar-refractivity contribution in [2.75, 3.05) is 18.1 Å². The van der Waals surface area contributed by atoms with Crippen molar-refractivity contribution in [2.24, 2.45) is 5.92 Å². The zero-order valence-electron chi connectivity index (χ0n) is 15.9. The molecule has 2 fully saturated rings. The largest absolute Gasteiger partial charge is 0.479 e. The summed E-state index contributed by atoms with van der Waals surface area (Å²) in [5, 5.41) is 0. The number of nitrogens with zero attached hydrogens (tertiary/aromatic N) is 2. The van der Waals surface area contributed by atoms with Crippen molar-refractivity contribution in [3.63, 3.8) is 0 Å². The van der Waals surface area contributed by atoms with E-state index >= 15 is 0 Å². The lowest BCUT2D eigenvalue weighted by Crippen LogP contribution is -2.32. The van der Waals surface area contributed by atoms with Crippen LogP contribution in [0.25, 0.3) is 0 Å². The van der Waals surface area contributed by atoms with Crippen LogP contribution >= 0.6 is 0 Å². The van der Waals surface area contributed by atoms with E-state index in [2.05, 4.69) is 4.98 Å². The van der Waals surface area contributed by atoms with Gasteiger partial charge in [0.2, 0.25) is 5.88 Å². The monoisotopic (exact) mass is 396 g/mol. The van der Waals surface area contributed by atoms with E-state index in [1.54, 1.807) is 24.4 Å². The standard InChI is InChI=1S/C22H21FN2O4/c23-18-10-14(9-17-16(18)4-5-19(17)26)25-8-7-20(22(25)27)29-15-3-6-21(24-11-15)28-12-13-1-2-13/h3,6,9-11,13,20H,1-2,4-5,7-8,12H2/t20-/m0/s1. The summed E-state index contributed by atoms with van der Waals surface area (Å²) >= 11 is 0. The molecule has 150 valence electrons. The Kier molecular flexibility index (Phi) is 4.45. The fourth-order valence-corrected chi connectivity index (χ4v) is 3.85. The van der Waals surface area contributed by atoms with Crippen LogP contribution < -0.4 is 14.4 Å². The van der Waals surface area contributed by atoms with E-state index in [9.17, 15) is 14.0 Å². The first-order valence-electron chi connectivity index (χ1n) is 10.0. The van der Waals surface area contributed by atoms with Crippen molar-refractivity contribution < 1.29 is 23.5 Å². The molecule has 2 aromatic rings. The molecule has 6 nitrogen and oxygen atoms in total. The molecule has 5 rings (SSSR count). The second kappa shape index (κ2) is 7.13. The Morgan fingerprint density at radius 1 is 1.14 bits per heavy atom. The van der Waals surface area contributed by atoms with Gasteiger partial charge >= 0.3 is 0 Å². The number of aromatic nitrogens is 1. The molecule has 1 amide bonds. The first-order valence-corrected chi connectivity index (χ1v) is 10.0. The molecule has 1 atom stereocenters. The van der Waals surface area contributed by atoms with E-state index in [4.69, 9.17) is 9.47 Å². The number of halogens is 1. The number of hydrogen-bond acceptors (Lipinski definition) is 5. The Bertz CT molecular complexity index is 972. The first-order chi connectivity index (χ1) is 14.1. The minimum Gasteiger partial charge on any atom is -0.479 e. The van der Waals surface area contributed by atoms with Gasteiger partial charge in [-0.2, -0.15) is 0 Å². The summed E-state index contributed by atoms with van der Waals surface area (Å²) in [7, 11) is 0. The van der Waals surface area contributed by atoms with Gasteiger partial charge in [-0.25, -0.2) is 9.37 Å². The highest BCUT2D eigenvalue weighted by Crippen LogP contribution is 2.33. The number of carbonyl (C=O) groups excluding carboxylic acids is 2. The molecule has 29 heavy (non-hydrogen) atoms. The van der Waals surface area contributed by atoms with Gasteiger partial charge < -0.3 is 14.4 Å². The zero-order valence-corrected chi connectivity index (χ0v) is 15.9. The van der Waals surface area contributed by atoms with Crippen molar-refractivity contribution in [3.8, 4) is 11.6 Å². The van der Waals surface area contributed by atoms with Crippen molar-refractivity contribution in [3.05, 3.63) is 47.4 Å². The number of Topliss-reactive ketones (excluding diaryl/α,β-unsaturated/α-hetero) is 1. The molecule has 0 bridgehead atoms. The summed E-state index contributed by atoms with van der Waals surface area (Å²) in [4.78, 5) is 30.5. The number of anilines is 1. The maximum Gasteiger partial charge on any atom is 0.268 e. The fraction of sp³-hybridized carbons (Fsp3) is 0.409. The molecule has 0 spiro atoms. The van der Waals surface area contributed by atoms with Crippen LogP contribution in [0.4, 0.5) is 10.1 Å². The van der Waals surface area contributed by atoms with Crippen LogP contribution in [0.1, 0.15) is 41.6 Å². The van der Waals surface area contributed by atoms with E-state index in [0.717, 1.165) is 0 Å². The van der Waals surface area contributed by atoms with Gasteiger partial charge in [0.05, 0.1) is 12.8 Å². The third kappa shape index (κ3) is 3.57. The van der Waals surface area contributed by atoms with Crippen molar-refractivity contribution >= 4 is 17.4 Å². The molecule has 1 saturated carbocycles. The molecule has 7 heteroatoms. The molecule has 1 aromatic heterocycles. The van der Waals surface area contributed by atoms with Gasteiger partial charge in [-0.05, 0) is 48.9 Å². The maximum atomic E-state index is 14.4. The molecular formula is C22H21FN2O4. The van der Waals surface area contributed by atoms with E-state index in [1.165, 1.54) is 23.8 Å². The van der Waals surface area contributed by atoms with Crippen LogP contribution in [0.5, 0.6) is 11.6 Å². The van der Waals surface area contributed by atoms with E-state index in [0.29, 0.717) is 66.8 Å². The van der Waals surface area contributed by atoms with Gasteiger partial charge in [0.1, 0.15) is 11.6 Å². The predicted molar refractivity (Wildman–Crippen MR) is 103 cm³/mol. The molecule has 0 N–H and O–H groups in total. The van der Waals surface area contributed by atoms with E-state index in [-0.39, 0.29) is 11.7 Å². The summed E-state index contributed by atoms with van der Waals surface area (Å²) < 4.78 is 25.8. The van der Waals surface area contributed by atoms with Gasteiger partial charge in [0, 0.05) is 36.7 Å². The minimum atomic E-state index is -0.665. The smallest absolute Gasteiger partial charge is 0.268 e. The number of amides is 1. The summed E-state index contributed by atoms with van der Waals surface area (Å²) in [6.07, 6.45) is 4.53. The average molecular weight is 396 g/mol. The van der Waals surface area contributed by atoms with E-state index in [1.807, 2.05) is 0 Å². The number of ketones is 1. The zero-order chi connectivity index (χ0) is 20.0. The van der Waals surface area contributed by atoms with Crippen LogP contribution in [0, 0.1) is 11.7 Å². The number of hydrogen-bond donors (Lipinski definition) is 0. The molecule has 2 aliphatic carbocycles. The molecule has 1 aromatic carbocycles. The third-order valence-corrected chi connectivity index (χ3v) is 5.70. The van der Waals surface area contributed by atoms with Crippen molar-refractivity contribution in [1.82, 2.24) is 4.98 Å². The second-order valence-corrected chi connectivity index (χ2v) is 7.85.